The number of phosphoric ester groups is 1. The number of allylic oxidation sites excluding steroid dienone is 18. The molecule has 0 amide bonds. The average molecular weight is 899 g/mol. The first-order valence-corrected chi connectivity index (χ1v) is 26.1. The number of phosphoric acid groups is 1. The molecule has 2 atom stereocenters. The van der Waals surface area contributed by atoms with Gasteiger partial charge in [0.15, 0.2) is 0 Å². The first-order chi connectivity index (χ1) is 30.6. The third-order valence-corrected chi connectivity index (χ3v) is 10.8. The number of esters is 1. The maximum atomic E-state index is 12.8. The van der Waals surface area contributed by atoms with Gasteiger partial charge in [-0.05, 0) is 96.3 Å². The Balaban J connectivity index is 4.27. The first kappa shape index (κ1) is 60.2. The van der Waals surface area contributed by atoms with E-state index in [2.05, 4.69) is 123 Å². The lowest BCUT2D eigenvalue weighted by Crippen LogP contribution is -2.37. The molecule has 0 aliphatic heterocycles. The topological polar surface area (TPSA) is 91.3 Å². The monoisotopic (exact) mass is 899 g/mol. The van der Waals surface area contributed by atoms with Gasteiger partial charge in [0.05, 0.1) is 34.4 Å². The summed E-state index contributed by atoms with van der Waals surface area (Å²) >= 11 is 0. The van der Waals surface area contributed by atoms with Crippen LogP contribution >= 0.6 is 7.82 Å². The summed E-state index contributed by atoms with van der Waals surface area (Å²) in [5.74, 6) is -0.341. The van der Waals surface area contributed by atoms with Gasteiger partial charge in [-0.2, -0.15) is 0 Å². The van der Waals surface area contributed by atoms with Crippen LogP contribution in [0.5, 0.6) is 0 Å². The molecule has 0 saturated heterocycles. The van der Waals surface area contributed by atoms with E-state index in [4.69, 9.17) is 18.5 Å². The van der Waals surface area contributed by atoms with Gasteiger partial charge in [0.25, 0.3) is 0 Å². The Morgan fingerprint density at radius 2 is 0.873 bits per heavy atom. The smallest absolute Gasteiger partial charge is 0.457 e. The van der Waals surface area contributed by atoms with Crippen LogP contribution < -0.4 is 0 Å². The van der Waals surface area contributed by atoms with E-state index < -0.39 is 13.9 Å². The Morgan fingerprint density at radius 1 is 0.492 bits per heavy atom. The predicted octanol–water partition coefficient (Wildman–Crippen LogP) is 15.2. The fourth-order valence-corrected chi connectivity index (χ4v) is 6.84. The highest BCUT2D eigenvalue weighted by atomic mass is 31.2. The van der Waals surface area contributed by atoms with Gasteiger partial charge in [-0.3, -0.25) is 13.8 Å². The largest absolute Gasteiger partial charge is 0.472 e. The van der Waals surface area contributed by atoms with Crippen LogP contribution in [0.25, 0.3) is 0 Å². The Morgan fingerprint density at radius 3 is 1.30 bits per heavy atom. The van der Waals surface area contributed by atoms with Crippen molar-refractivity contribution in [2.24, 2.45) is 0 Å². The van der Waals surface area contributed by atoms with Crippen molar-refractivity contribution in [3.05, 3.63) is 109 Å². The van der Waals surface area contributed by atoms with Crippen molar-refractivity contribution >= 4 is 13.8 Å². The first-order valence-electron chi connectivity index (χ1n) is 24.6. The number of carbonyl (C=O) groups excluding carboxylic acids is 1. The molecule has 0 aromatic rings. The van der Waals surface area contributed by atoms with Crippen molar-refractivity contribution in [3.63, 3.8) is 0 Å². The van der Waals surface area contributed by atoms with Crippen molar-refractivity contribution in [2.75, 3.05) is 54.1 Å². The second-order valence-electron chi connectivity index (χ2n) is 17.1. The van der Waals surface area contributed by atoms with E-state index in [-0.39, 0.29) is 25.8 Å². The molecule has 360 valence electrons. The van der Waals surface area contributed by atoms with E-state index >= 15 is 0 Å². The van der Waals surface area contributed by atoms with Crippen LogP contribution in [0.1, 0.15) is 168 Å². The zero-order valence-corrected chi connectivity index (χ0v) is 41.7. The van der Waals surface area contributed by atoms with Crippen LogP contribution in [0.4, 0.5) is 0 Å². The van der Waals surface area contributed by atoms with Crippen molar-refractivity contribution in [2.45, 2.75) is 174 Å². The Bertz CT molecular complexity index is 1370. The van der Waals surface area contributed by atoms with E-state index in [9.17, 15) is 14.3 Å². The number of hydrogen-bond donors (Lipinski definition) is 1. The summed E-state index contributed by atoms with van der Waals surface area (Å²) in [6.07, 6.45) is 64.1. The summed E-state index contributed by atoms with van der Waals surface area (Å²) in [4.78, 5) is 23.0. The molecule has 1 N–H and O–H groups in total. The van der Waals surface area contributed by atoms with E-state index in [0.717, 1.165) is 122 Å². The highest BCUT2D eigenvalue weighted by Gasteiger charge is 2.26. The molecule has 0 saturated carbocycles. The van der Waals surface area contributed by atoms with Gasteiger partial charge in [0.2, 0.25) is 0 Å². The number of carbonyl (C=O) groups is 1. The molecule has 8 nitrogen and oxygen atoms in total. The van der Waals surface area contributed by atoms with Crippen LogP contribution in [-0.2, 0) is 27.9 Å². The predicted molar refractivity (Wildman–Crippen MR) is 270 cm³/mol. The van der Waals surface area contributed by atoms with Crippen LogP contribution in [0, 0.1) is 0 Å². The second-order valence-corrected chi connectivity index (χ2v) is 18.5. The maximum absolute atomic E-state index is 12.8. The minimum absolute atomic E-state index is 0.0752. The summed E-state index contributed by atoms with van der Waals surface area (Å²) in [5, 5.41) is 0. The molecule has 0 spiro atoms. The van der Waals surface area contributed by atoms with Crippen molar-refractivity contribution in [1.29, 1.82) is 0 Å². The van der Waals surface area contributed by atoms with Crippen LogP contribution in [0.15, 0.2) is 109 Å². The minimum atomic E-state index is -4.30. The lowest BCUT2D eigenvalue weighted by molar-refractivity contribution is -0.870. The zero-order valence-electron chi connectivity index (χ0n) is 40.8. The van der Waals surface area contributed by atoms with E-state index in [1.54, 1.807) is 0 Å². The van der Waals surface area contributed by atoms with E-state index in [1.807, 2.05) is 21.1 Å². The average Bonchev–Trinajstić information content (AvgIpc) is 3.24. The molecule has 0 aromatic carbocycles. The Kier molecular flexibility index (Phi) is 43.7. The van der Waals surface area contributed by atoms with Crippen LogP contribution in [-0.4, -0.2) is 75.6 Å². The van der Waals surface area contributed by atoms with Crippen LogP contribution in [0.3, 0.4) is 0 Å². The third-order valence-electron chi connectivity index (χ3n) is 9.83. The standard InChI is InChI=1S/C54H92NO7P/c1-6-8-10-12-14-16-18-20-22-24-26-28-29-31-33-35-37-39-41-43-45-47-54(56)62-53(52-61-63(57,58)60-50-48-55(3,4)5)51-59-49-46-44-42-40-38-36-34-32-30-27-25-23-21-19-17-15-13-11-9-7-2/h8-11,14-17,20-23,26-28,30-31,33,53H,6-7,12-13,18-19,24-25,29,32,34-52H2,1-5H3/p+1/b10-8-,11-9-,16-14-,17-15-,22-20-,23-21-,28-26-,30-27-,33-31-. The fourth-order valence-electron chi connectivity index (χ4n) is 6.10. The summed E-state index contributed by atoms with van der Waals surface area (Å²) in [7, 11) is 1.63. The molecule has 0 rings (SSSR count). The van der Waals surface area contributed by atoms with Gasteiger partial charge in [0.1, 0.15) is 19.3 Å². The number of ether oxygens (including phenoxy) is 2. The summed E-state index contributed by atoms with van der Waals surface area (Å²) < 4.78 is 35.1. The molecule has 0 aliphatic carbocycles. The summed E-state index contributed by atoms with van der Waals surface area (Å²) in [5.41, 5.74) is 0. The molecule has 0 radical (unpaired) electrons. The van der Waals surface area contributed by atoms with Crippen molar-refractivity contribution < 1.29 is 37.3 Å². The van der Waals surface area contributed by atoms with E-state index in [1.165, 1.54) is 25.7 Å². The SMILES string of the molecule is CC/C=C\C/C=C\C/C=C\C/C=C\C/C=C\CCCCCCCC(=O)OC(COCCCCCCCCC/C=C\C/C=C\C/C=C\C/C=C\CC)COP(=O)(O)OCC[N+](C)(C)C. The zero-order chi connectivity index (χ0) is 46.2. The number of likely N-dealkylation sites (N-methyl/N-ethyl adjacent to an activating group) is 1. The Labute approximate surface area is 387 Å². The molecule has 0 bridgehead atoms. The highest BCUT2D eigenvalue weighted by molar-refractivity contribution is 7.47. The number of unbranched alkanes of at least 4 members (excludes halogenated alkanes) is 12. The van der Waals surface area contributed by atoms with Gasteiger partial charge in [-0.15, -0.1) is 0 Å². The summed E-state index contributed by atoms with van der Waals surface area (Å²) in [6, 6.07) is 0. The fraction of sp³-hybridized carbons (Fsp3) is 0.648. The maximum Gasteiger partial charge on any atom is 0.472 e. The molecule has 9 heteroatoms. The molecule has 0 aromatic heterocycles. The van der Waals surface area contributed by atoms with Gasteiger partial charge in [0, 0.05) is 13.0 Å². The molecular formula is C54H93NO7P+. The van der Waals surface area contributed by atoms with Gasteiger partial charge < -0.3 is 18.9 Å². The van der Waals surface area contributed by atoms with Gasteiger partial charge in [-0.1, -0.05) is 175 Å². The highest BCUT2D eigenvalue weighted by Crippen LogP contribution is 2.43. The lowest BCUT2D eigenvalue weighted by atomic mass is 10.1. The van der Waals surface area contributed by atoms with Crippen LogP contribution in [0.2, 0.25) is 0 Å². The molecule has 0 fully saturated rings. The van der Waals surface area contributed by atoms with E-state index in [0.29, 0.717) is 24.1 Å². The van der Waals surface area contributed by atoms with Gasteiger partial charge in [-0.25, -0.2) is 4.57 Å². The quantitative estimate of drug-likeness (QED) is 0.0214. The normalized spacial score (nSPS) is 14.6. The Hall–Kier alpha value is -2.84. The lowest BCUT2D eigenvalue weighted by Gasteiger charge is -2.24. The summed E-state index contributed by atoms with van der Waals surface area (Å²) in [6.45, 7) is 5.32. The van der Waals surface area contributed by atoms with Crippen molar-refractivity contribution in [1.82, 2.24) is 0 Å². The number of hydrogen-bond acceptors (Lipinski definition) is 6. The number of nitrogens with zero attached hydrogens (tertiary/aromatic N) is 1. The molecular weight excluding hydrogens is 806 g/mol. The second kappa shape index (κ2) is 45.7. The molecule has 0 heterocycles. The molecule has 63 heavy (non-hydrogen) atoms. The third kappa shape index (κ3) is 50.0. The number of quaternary nitrogens is 1. The number of rotatable bonds is 44. The van der Waals surface area contributed by atoms with Crippen molar-refractivity contribution in [3.8, 4) is 0 Å². The minimum Gasteiger partial charge on any atom is -0.457 e. The molecule has 2 unspecified atom stereocenters. The molecule has 0 aliphatic rings. The van der Waals surface area contributed by atoms with Gasteiger partial charge >= 0.3 is 13.8 Å².